The summed E-state index contributed by atoms with van der Waals surface area (Å²) in [5.41, 5.74) is 1.09. The molecule has 6 rings (SSSR count). The molecule has 0 N–H and O–H groups in total. The molecule has 31 heavy (non-hydrogen) atoms. The van der Waals surface area contributed by atoms with E-state index in [0.29, 0.717) is 43.1 Å². The summed E-state index contributed by atoms with van der Waals surface area (Å²) in [6, 6.07) is 7.12. The van der Waals surface area contributed by atoms with Gasteiger partial charge in [0.2, 0.25) is 0 Å². The summed E-state index contributed by atoms with van der Waals surface area (Å²) in [4.78, 5) is 13.1. The summed E-state index contributed by atoms with van der Waals surface area (Å²) in [5, 5.41) is 12.5. The van der Waals surface area contributed by atoms with Crippen LogP contribution in [0.2, 0.25) is 0 Å². The number of hydrogen-bond acceptors (Lipinski definition) is 5. The van der Waals surface area contributed by atoms with E-state index in [4.69, 9.17) is 4.74 Å². The van der Waals surface area contributed by atoms with Crippen molar-refractivity contribution in [2.75, 3.05) is 0 Å². The Kier molecular flexibility index (Phi) is 3.95. The van der Waals surface area contributed by atoms with Crippen LogP contribution in [0.5, 0.6) is 6.01 Å². The predicted molar refractivity (Wildman–Crippen MR) is 105 cm³/mol. The van der Waals surface area contributed by atoms with Crippen molar-refractivity contribution in [2.45, 2.75) is 43.9 Å². The first kappa shape index (κ1) is 18.2. The number of hydrogen-bond donors (Lipinski definition) is 0. The van der Waals surface area contributed by atoms with Crippen LogP contribution in [0.25, 0.3) is 5.52 Å². The highest BCUT2D eigenvalue weighted by Gasteiger charge is 2.38. The first-order chi connectivity index (χ1) is 15.1. The summed E-state index contributed by atoms with van der Waals surface area (Å²) < 4.78 is 38.2. The van der Waals surface area contributed by atoms with E-state index >= 15 is 0 Å². The molecule has 0 saturated heterocycles. The molecule has 1 atom stereocenters. The second-order valence-corrected chi connectivity index (χ2v) is 8.07. The second kappa shape index (κ2) is 6.73. The number of fused-ring (bicyclic) bond motifs is 2. The highest BCUT2D eigenvalue weighted by molar-refractivity contribution is 5.45. The maximum Gasteiger partial charge on any atom is 0.346 e. The summed E-state index contributed by atoms with van der Waals surface area (Å²) in [6.07, 6.45) is 5.84. The molecule has 158 valence electrons. The summed E-state index contributed by atoms with van der Waals surface area (Å²) in [7, 11) is 0. The van der Waals surface area contributed by atoms with Crippen molar-refractivity contribution in [3.63, 3.8) is 0 Å². The molecule has 2 aliphatic rings. The zero-order valence-corrected chi connectivity index (χ0v) is 16.4. The Morgan fingerprint density at radius 1 is 1.13 bits per heavy atom. The molecule has 0 unspecified atom stereocenters. The van der Waals surface area contributed by atoms with E-state index in [-0.39, 0.29) is 17.8 Å². The molecule has 0 amide bonds. The van der Waals surface area contributed by atoms with Crippen LogP contribution in [0.15, 0.2) is 47.5 Å². The largest absolute Gasteiger partial charge is 0.460 e. The van der Waals surface area contributed by atoms with Gasteiger partial charge in [0.15, 0.2) is 0 Å². The van der Waals surface area contributed by atoms with Gasteiger partial charge in [0, 0.05) is 31.5 Å². The molecule has 0 spiro atoms. The number of aromatic nitrogens is 6. The molecule has 1 saturated carbocycles. The van der Waals surface area contributed by atoms with Gasteiger partial charge in [0.1, 0.15) is 23.6 Å². The lowest BCUT2D eigenvalue weighted by Crippen LogP contribution is -2.41. The first-order valence-corrected chi connectivity index (χ1v) is 10.2. The number of halogens is 2. The molecule has 4 aromatic rings. The van der Waals surface area contributed by atoms with E-state index in [1.807, 2.05) is 22.7 Å². The van der Waals surface area contributed by atoms with Crippen molar-refractivity contribution >= 4 is 5.52 Å². The normalized spacial score (nSPS) is 22.5. The van der Waals surface area contributed by atoms with Crippen molar-refractivity contribution in [3.05, 3.63) is 76.2 Å². The zero-order chi connectivity index (χ0) is 21.1. The number of ether oxygens (including phenoxy) is 1. The summed E-state index contributed by atoms with van der Waals surface area (Å²) >= 11 is 0. The van der Waals surface area contributed by atoms with E-state index in [1.54, 1.807) is 10.8 Å². The van der Waals surface area contributed by atoms with Crippen LogP contribution in [-0.4, -0.2) is 35.0 Å². The Balaban J connectivity index is 1.21. The lowest BCUT2D eigenvalue weighted by molar-refractivity contribution is 0.0522. The number of aryl methyl sites for hydroxylation is 1. The van der Waals surface area contributed by atoms with Crippen molar-refractivity contribution < 1.29 is 13.5 Å². The molecule has 3 aromatic heterocycles. The minimum atomic E-state index is -0.649. The molecule has 8 nitrogen and oxygen atoms in total. The van der Waals surface area contributed by atoms with Gasteiger partial charge < -0.3 is 4.74 Å². The smallest absolute Gasteiger partial charge is 0.346 e. The molecule has 10 heteroatoms. The third kappa shape index (κ3) is 2.93. The third-order valence-corrected chi connectivity index (χ3v) is 6.13. The van der Waals surface area contributed by atoms with Gasteiger partial charge in [0.25, 0.3) is 0 Å². The van der Waals surface area contributed by atoms with Crippen LogP contribution in [0.4, 0.5) is 8.78 Å². The predicted octanol–water partition coefficient (Wildman–Crippen LogP) is 2.68. The first-order valence-electron chi connectivity index (χ1n) is 10.2. The Morgan fingerprint density at radius 3 is 2.74 bits per heavy atom. The van der Waals surface area contributed by atoms with E-state index in [9.17, 15) is 13.6 Å². The Morgan fingerprint density at radius 2 is 1.94 bits per heavy atom. The molecule has 1 fully saturated rings. The van der Waals surface area contributed by atoms with Gasteiger partial charge >= 0.3 is 11.7 Å². The van der Waals surface area contributed by atoms with E-state index in [0.717, 1.165) is 11.6 Å². The fourth-order valence-corrected chi connectivity index (χ4v) is 4.56. The quantitative estimate of drug-likeness (QED) is 0.503. The lowest BCUT2D eigenvalue weighted by atomic mass is 9.89. The van der Waals surface area contributed by atoms with Crippen LogP contribution in [0, 0.1) is 11.6 Å². The van der Waals surface area contributed by atoms with Gasteiger partial charge in [-0.15, -0.1) is 0 Å². The zero-order valence-electron chi connectivity index (χ0n) is 16.4. The third-order valence-electron chi connectivity index (χ3n) is 6.13. The van der Waals surface area contributed by atoms with Gasteiger partial charge in [-0.25, -0.2) is 18.3 Å². The Bertz CT molecular complexity index is 1330. The molecular formula is C21H18F2N6O2. The fourth-order valence-electron chi connectivity index (χ4n) is 4.56. The van der Waals surface area contributed by atoms with Gasteiger partial charge in [-0.3, -0.25) is 8.97 Å². The number of benzene rings is 1. The molecule has 0 bridgehead atoms. The van der Waals surface area contributed by atoms with Gasteiger partial charge in [-0.1, -0.05) is 5.10 Å². The standard InChI is InChI=1S/C21H18F2N6O2/c22-13-6-12(7-14(23)8-13)18-3-4-19-26-29(21(30)28(18)19)16-9-17(10-16)31-20-25-24-11-15-2-1-5-27(15)20/h1-2,5-8,11,16-18H,3-4,9-10H2/t16?,17?,18-/m0/s1. The van der Waals surface area contributed by atoms with Crippen molar-refractivity contribution in [2.24, 2.45) is 0 Å². The van der Waals surface area contributed by atoms with Crippen LogP contribution < -0.4 is 10.4 Å². The van der Waals surface area contributed by atoms with E-state index in [1.165, 1.54) is 16.8 Å². The molecule has 1 aliphatic heterocycles. The molecular weight excluding hydrogens is 406 g/mol. The highest BCUT2D eigenvalue weighted by Crippen LogP contribution is 2.36. The van der Waals surface area contributed by atoms with Gasteiger partial charge in [0.05, 0.1) is 23.8 Å². The Labute approximate surface area is 174 Å². The molecule has 1 aromatic carbocycles. The minimum absolute atomic E-state index is 0.0858. The Hall–Kier alpha value is -3.56. The van der Waals surface area contributed by atoms with E-state index in [2.05, 4.69) is 15.3 Å². The highest BCUT2D eigenvalue weighted by atomic mass is 19.1. The number of rotatable bonds is 4. The maximum atomic E-state index is 13.7. The summed E-state index contributed by atoms with van der Waals surface area (Å²) in [5.74, 6) is -0.653. The lowest BCUT2D eigenvalue weighted by Gasteiger charge is -2.34. The maximum absolute atomic E-state index is 13.7. The minimum Gasteiger partial charge on any atom is -0.460 e. The molecule has 0 radical (unpaired) electrons. The molecule has 1 aliphatic carbocycles. The summed E-state index contributed by atoms with van der Waals surface area (Å²) in [6.45, 7) is 0. The van der Waals surface area contributed by atoms with Crippen LogP contribution in [-0.2, 0) is 6.42 Å². The fraction of sp³-hybridized carbons (Fsp3) is 0.333. The van der Waals surface area contributed by atoms with Crippen LogP contribution >= 0.6 is 0 Å². The van der Waals surface area contributed by atoms with Crippen molar-refractivity contribution in [3.8, 4) is 6.01 Å². The average molecular weight is 424 g/mol. The van der Waals surface area contributed by atoms with E-state index < -0.39 is 17.7 Å². The van der Waals surface area contributed by atoms with Gasteiger partial charge in [-0.2, -0.15) is 10.2 Å². The van der Waals surface area contributed by atoms with Crippen molar-refractivity contribution in [1.82, 2.24) is 28.9 Å². The monoisotopic (exact) mass is 424 g/mol. The second-order valence-electron chi connectivity index (χ2n) is 8.07. The van der Waals surface area contributed by atoms with Crippen LogP contribution in [0.3, 0.4) is 0 Å². The molecule has 4 heterocycles. The topological polar surface area (TPSA) is 79.2 Å². The number of nitrogens with zero attached hydrogens (tertiary/aromatic N) is 6. The van der Waals surface area contributed by atoms with Crippen molar-refractivity contribution in [1.29, 1.82) is 0 Å². The van der Waals surface area contributed by atoms with Gasteiger partial charge in [-0.05, 0) is 36.2 Å². The SMILES string of the molecule is O=c1n(C2CC(Oc3nncc4cccn34)C2)nc2n1[C@H](c1cc(F)cc(F)c1)CC2. The van der Waals surface area contributed by atoms with Crippen LogP contribution in [0.1, 0.15) is 42.7 Å². The average Bonchev–Trinajstić information content (AvgIpc) is 3.40.